The smallest absolute Gasteiger partial charge is 0.181 e. The van der Waals surface area contributed by atoms with Crippen LogP contribution >= 0.6 is 11.8 Å². The number of rotatable bonds is 11. The first kappa shape index (κ1) is 24.1. The topological polar surface area (TPSA) is 0 Å². The average molecular weight is 437 g/mol. The lowest BCUT2D eigenvalue weighted by atomic mass is 9.68. The number of thioether (sulfide) groups is 1. The first-order valence-corrected chi connectivity index (χ1v) is 13.5. The van der Waals surface area contributed by atoms with Crippen LogP contribution in [0.5, 0.6) is 0 Å². The molecule has 0 saturated heterocycles. The summed E-state index contributed by atoms with van der Waals surface area (Å²) in [7, 11) is 0. The van der Waals surface area contributed by atoms with Gasteiger partial charge in [-0.2, -0.15) is 0 Å². The third-order valence-corrected chi connectivity index (χ3v) is 8.86. The van der Waals surface area contributed by atoms with E-state index in [0.29, 0.717) is 12.3 Å². The summed E-state index contributed by atoms with van der Waals surface area (Å²) in [6.07, 6.45) is 16.4. The molecule has 0 spiro atoms. The zero-order valence-corrected chi connectivity index (χ0v) is 19.7. The summed E-state index contributed by atoms with van der Waals surface area (Å²) in [4.78, 5) is 0.813. The number of benzene rings is 1. The minimum atomic E-state index is -1.45. The van der Waals surface area contributed by atoms with Gasteiger partial charge in [-0.05, 0) is 74.3 Å². The Balaban J connectivity index is 1.29. The van der Waals surface area contributed by atoms with Crippen LogP contribution in [-0.2, 0) is 0 Å². The molecule has 1 aromatic rings. The van der Waals surface area contributed by atoms with E-state index >= 15 is 0 Å². The molecule has 0 nitrogen and oxygen atoms in total. The molecule has 2 aliphatic carbocycles. The highest BCUT2D eigenvalue weighted by Crippen LogP contribution is 2.43. The summed E-state index contributed by atoms with van der Waals surface area (Å²) in [5.74, 6) is 3.45. The van der Waals surface area contributed by atoms with Crippen molar-refractivity contribution in [3.63, 3.8) is 0 Å². The molecule has 0 aliphatic heterocycles. The minimum absolute atomic E-state index is 0.374. The van der Waals surface area contributed by atoms with Gasteiger partial charge in [0.1, 0.15) is 6.17 Å². The molecule has 0 unspecified atom stereocenters. The zero-order chi connectivity index (χ0) is 21.2. The number of alkyl halides is 2. The van der Waals surface area contributed by atoms with Crippen molar-refractivity contribution in [3.05, 3.63) is 30.3 Å². The molecule has 0 bridgehead atoms. The molecule has 0 amide bonds. The Kier molecular flexibility index (Phi) is 10.5. The van der Waals surface area contributed by atoms with E-state index in [1.807, 2.05) is 30.3 Å². The first-order chi connectivity index (χ1) is 14.7. The molecule has 3 rings (SSSR count). The third-order valence-electron chi connectivity index (χ3n) is 7.79. The van der Waals surface area contributed by atoms with Crippen LogP contribution < -0.4 is 0 Å². The Morgan fingerprint density at radius 3 is 1.93 bits per heavy atom. The van der Waals surface area contributed by atoms with Crippen LogP contribution in [0.1, 0.15) is 96.8 Å². The van der Waals surface area contributed by atoms with Gasteiger partial charge in [0.15, 0.2) is 5.50 Å². The number of hydrogen-bond acceptors (Lipinski definition) is 1. The minimum Gasteiger partial charge on any atom is -0.243 e. The summed E-state index contributed by atoms with van der Waals surface area (Å²) < 4.78 is 28.6. The van der Waals surface area contributed by atoms with Gasteiger partial charge in [-0.3, -0.25) is 0 Å². The van der Waals surface area contributed by atoms with Crippen molar-refractivity contribution in [3.8, 4) is 0 Å². The lowest BCUT2D eigenvalue weighted by molar-refractivity contribution is 0.133. The van der Waals surface area contributed by atoms with Crippen LogP contribution in [0.2, 0.25) is 0 Å². The van der Waals surface area contributed by atoms with E-state index in [4.69, 9.17) is 0 Å². The molecule has 2 atom stereocenters. The van der Waals surface area contributed by atoms with Crippen LogP contribution in [0, 0.1) is 23.7 Å². The fraction of sp³-hybridized carbons (Fsp3) is 0.778. The van der Waals surface area contributed by atoms with Gasteiger partial charge in [0, 0.05) is 4.90 Å². The number of unbranched alkanes of at least 4 members (excludes halogenated alkanes) is 2. The maximum atomic E-state index is 14.4. The SMILES string of the molecule is CCCCCC1CCC(C2CCC(CC[C@@H](F)[C@H](F)Sc3ccccc3)CC2)CC1. The highest BCUT2D eigenvalue weighted by Gasteiger charge is 2.31. The predicted octanol–water partition coefficient (Wildman–Crippen LogP) is 9.39. The van der Waals surface area contributed by atoms with Crippen LogP contribution in [0.25, 0.3) is 0 Å². The van der Waals surface area contributed by atoms with Gasteiger partial charge in [0.05, 0.1) is 0 Å². The molecule has 170 valence electrons. The summed E-state index contributed by atoms with van der Waals surface area (Å²) in [5.41, 5.74) is -1.45. The second-order valence-corrected chi connectivity index (χ2v) is 11.1. The Morgan fingerprint density at radius 1 is 0.800 bits per heavy atom. The largest absolute Gasteiger partial charge is 0.243 e. The van der Waals surface area contributed by atoms with E-state index in [2.05, 4.69) is 6.92 Å². The number of halogens is 2. The summed E-state index contributed by atoms with van der Waals surface area (Å²) in [6.45, 7) is 2.29. The molecule has 3 heteroatoms. The van der Waals surface area contributed by atoms with Crippen LogP contribution in [-0.4, -0.2) is 11.7 Å². The standard InChI is InChI=1S/C27H42F2S/c1-2-3-5-8-21-11-16-23(17-12-21)24-18-13-22(14-19-24)15-20-26(28)27(29)30-25-9-6-4-7-10-25/h4,6-7,9-10,21-24,26-27H,2-3,5,8,11-20H2,1H3/t21?,22?,23?,24?,26-,27-/m1/s1. The third kappa shape index (κ3) is 7.84. The predicted molar refractivity (Wildman–Crippen MR) is 126 cm³/mol. The molecule has 2 fully saturated rings. The average Bonchev–Trinajstić information content (AvgIpc) is 2.79. The van der Waals surface area contributed by atoms with Crippen molar-refractivity contribution in [2.24, 2.45) is 23.7 Å². The van der Waals surface area contributed by atoms with Crippen LogP contribution in [0.15, 0.2) is 35.2 Å². The van der Waals surface area contributed by atoms with Crippen molar-refractivity contribution < 1.29 is 8.78 Å². The summed E-state index contributed by atoms with van der Waals surface area (Å²) >= 11 is 1.02. The molecule has 2 aliphatic rings. The molecule has 0 radical (unpaired) electrons. The van der Waals surface area contributed by atoms with Crippen molar-refractivity contribution in [2.75, 3.05) is 0 Å². The van der Waals surface area contributed by atoms with E-state index in [-0.39, 0.29) is 0 Å². The quantitative estimate of drug-likeness (QED) is 0.246. The van der Waals surface area contributed by atoms with Crippen LogP contribution in [0.4, 0.5) is 8.78 Å². The normalized spacial score (nSPS) is 29.4. The Morgan fingerprint density at radius 2 is 1.37 bits per heavy atom. The zero-order valence-electron chi connectivity index (χ0n) is 18.9. The Bertz CT molecular complexity index is 561. The van der Waals surface area contributed by atoms with E-state index in [0.717, 1.165) is 40.8 Å². The van der Waals surface area contributed by atoms with E-state index in [1.54, 1.807) is 0 Å². The molecule has 0 aromatic heterocycles. The molecular weight excluding hydrogens is 394 g/mol. The van der Waals surface area contributed by atoms with Crippen molar-refractivity contribution in [1.82, 2.24) is 0 Å². The lowest BCUT2D eigenvalue weighted by Gasteiger charge is -2.38. The molecule has 0 N–H and O–H groups in total. The van der Waals surface area contributed by atoms with Gasteiger partial charge in [-0.15, -0.1) is 0 Å². The second kappa shape index (κ2) is 13.1. The van der Waals surface area contributed by atoms with Crippen molar-refractivity contribution in [2.45, 2.75) is 113 Å². The van der Waals surface area contributed by atoms with Gasteiger partial charge in [0.2, 0.25) is 0 Å². The van der Waals surface area contributed by atoms with Crippen molar-refractivity contribution in [1.29, 1.82) is 0 Å². The highest BCUT2D eigenvalue weighted by molar-refractivity contribution is 7.99. The monoisotopic (exact) mass is 436 g/mol. The summed E-state index contributed by atoms with van der Waals surface area (Å²) in [6, 6.07) is 9.35. The van der Waals surface area contributed by atoms with E-state index in [1.165, 1.54) is 77.0 Å². The molecular formula is C27H42F2S. The summed E-state index contributed by atoms with van der Waals surface area (Å²) in [5, 5.41) is 0. The van der Waals surface area contributed by atoms with Crippen LogP contribution in [0.3, 0.4) is 0 Å². The van der Waals surface area contributed by atoms with Gasteiger partial charge >= 0.3 is 0 Å². The van der Waals surface area contributed by atoms with Crippen molar-refractivity contribution >= 4 is 11.8 Å². The Labute approximate surface area is 188 Å². The molecule has 1 aromatic carbocycles. The van der Waals surface area contributed by atoms with E-state index < -0.39 is 11.7 Å². The van der Waals surface area contributed by atoms with Gasteiger partial charge in [0.25, 0.3) is 0 Å². The van der Waals surface area contributed by atoms with Gasteiger partial charge < -0.3 is 0 Å². The lowest BCUT2D eigenvalue weighted by Crippen LogP contribution is -2.26. The molecule has 30 heavy (non-hydrogen) atoms. The molecule has 2 saturated carbocycles. The first-order valence-electron chi connectivity index (χ1n) is 12.7. The van der Waals surface area contributed by atoms with E-state index in [9.17, 15) is 8.78 Å². The maximum Gasteiger partial charge on any atom is 0.181 e. The van der Waals surface area contributed by atoms with Gasteiger partial charge in [-0.1, -0.05) is 88.3 Å². The number of hydrogen-bond donors (Lipinski definition) is 0. The fourth-order valence-corrected chi connectivity index (χ4v) is 6.67. The Hall–Kier alpha value is -0.570. The van der Waals surface area contributed by atoms with Gasteiger partial charge in [-0.25, -0.2) is 8.78 Å². The fourth-order valence-electron chi connectivity index (χ4n) is 5.81. The maximum absolute atomic E-state index is 14.4. The molecule has 0 heterocycles. The second-order valence-electron chi connectivity index (χ2n) is 9.93. The highest BCUT2D eigenvalue weighted by atomic mass is 32.2.